The van der Waals surface area contributed by atoms with Gasteiger partial charge in [0, 0.05) is 19.6 Å². The van der Waals surface area contributed by atoms with Crippen LogP contribution in [0.1, 0.15) is 32.3 Å². The van der Waals surface area contributed by atoms with Gasteiger partial charge in [-0.3, -0.25) is 4.90 Å². The van der Waals surface area contributed by atoms with Gasteiger partial charge in [0.1, 0.15) is 0 Å². The van der Waals surface area contributed by atoms with E-state index in [0.29, 0.717) is 12.2 Å². The Hall–Kier alpha value is -1.16. The van der Waals surface area contributed by atoms with Crippen molar-refractivity contribution in [3.63, 3.8) is 0 Å². The number of hydrogen-bond donors (Lipinski definition) is 1. The second kappa shape index (κ2) is 9.78. The summed E-state index contributed by atoms with van der Waals surface area (Å²) < 4.78 is 5.76. The highest BCUT2D eigenvalue weighted by Crippen LogP contribution is 2.11. The van der Waals surface area contributed by atoms with Crippen molar-refractivity contribution in [1.82, 2.24) is 10.2 Å². The molecule has 2 unspecified atom stereocenters. The summed E-state index contributed by atoms with van der Waals surface area (Å²) in [6.45, 7) is 9.73. The van der Waals surface area contributed by atoms with Gasteiger partial charge in [-0.05, 0) is 45.3 Å². The molecule has 0 aromatic heterocycles. The molecule has 22 heavy (non-hydrogen) atoms. The van der Waals surface area contributed by atoms with Gasteiger partial charge < -0.3 is 10.1 Å². The zero-order chi connectivity index (χ0) is 15.6. The maximum atomic E-state index is 5.76. The summed E-state index contributed by atoms with van der Waals surface area (Å²) in [5, 5.41) is 3.48. The van der Waals surface area contributed by atoms with Gasteiger partial charge in [-0.1, -0.05) is 42.5 Å². The summed E-state index contributed by atoms with van der Waals surface area (Å²) in [5.41, 5.74) is 1.26. The summed E-state index contributed by atoms with van der Waals surface area (Å²) in [5.74, 6) is 0. The average Bonchev–Trinajstić information content (AvgIpc) is 2.50. The van der Waals surface area contributed by atoms with E-state index in [4.69, 9.17) is 4.74 Å². The van der Waals surface area contributed by atoms with E-state index in [1.165, 1.54) is 24.9 Å². The number of ether oxygens (including phenoxy) is 1. The minimum absolute atomic E-state index is 0.380. The van der Waals surface area contributed by atoms with Crippen molar-refractivity contribution in [3.8, 4) is 0 Å². The van der Waals surface area contributed by atoms with Crippen molar-refractivity contribution in [2.45, 2.75) is 38.9 Å². The Morgan fingerprint density at radius 3 is 2.59 bits per heavy atom. The molecular formula is C19H30N2O. The van der Waals surface area contributed by atoms with E-state index in [1.54, 1.807) is 0 Å². The summed E-state index contributed by atoms with van der Waals surface area (Å²) in [6, 6.07) is 10.4. The molecule has 3 nitrogen and oxygen atoms in total. The van der Waals surface area contributed by atoms with Crippen LogP contribution in [0, 0.1) is 0 Å². The Morgan fingerprint density at radius 2 is 1.86 bits per heavy atom. The SMILES string of the molecule is CC1CN(CCCCNC/C=C/c2ccccc2)CC(C)O1. The quantitative estimate of drug-likeness (QED) is 0.747. The zero-order valence-corrected chi connectivity index (χ0v) is 14.0. The minimum Gasteiger partial charge on any atom is -0.373 e. The van der Waals surface area contributed by atoms with Gasteiger partial charge in [0.2, 0.25) is 0 Å². The van der Waals surface area contributed by atoms with Crippen LogP contribution >= 0.6 is 0 Å². The third-order valence-electron chi connectivity index (χ3n) is 3.95. The summed E-state index contributed by atoms with van der Waals surface area (Å²) in [4.78, 5) is 2.54. The second-order valence-corrected chi connectivity index (χ2v) is 6.24. The maximum absolute atomic E-state index is 5.76. The van der Waals surface area contributed by atoms with E-state index in [0.717, 1.165) is 26.2 Å². The third kappa shape index (κ3) is 6.73. The van der Waals surface area contributed by atoms with Crippen LogP contribution < -0.4 is 5.32 Å². The highest BCUT2D eigenvalue weighted by molar-refractivity contribution is 5.48. The Morgan fingerprint density at radius 1 is 1.14 bits per heavy atom. The van der Waals surface area contributed by atoms with Crippen LogP contribution in [0.5, 0.6) is 0 Å². The van der Waals surface area contributed by atoms with Crippen molar-refractivity contribution in [1.29, 1.82) is 0 Å². The van der Waals surface area contributed by atoms with E-state index in [-0.39, 0.29) is 0 Å². The molecule has 2 atom stereocenters. The molecule has 0 amide bonds. The van der Waals surface area contributed by atoms with Crippen LogP contribution in [0.15, 0.2) is 36.4 Å². The standard InChI is InChI=1S/C19H30N2O/c1-17-15-21(16-18(2)22-17)14-7-6-12-20-13-8-11-19-9-4-3-5-10-19/h3-5,8-11,17-18,20H,6-7,12-16H2,1-2H3/b11-8+. The number of morpholine rings is 1. The number of rotatable bonds is 8. The molecule has 1 fully saturated rings. The summed E-state index contributed by atoms with van der Waals surface area (Å²) in [6.07, 6.45) is 7.62. The Labute approximate surface area is 135 Å². The van der Waals surface area contributed by atoms with E-state index in [1.807, 2.05) is 6.07 Å². The lowest BCUT2D eigenvalue weighted by Crippen LogP contribution is -2.45. The smallest absolute Gasteiger partial charge is 0.0678 e. The fourth-order valence-corrected chi connectivity index (χ4v) is 3.00. The van der Waals surface area contributed by atoms with Crippen LogP contribution in [0.2, 0.25) is 0 Å². The molecule has 0 spiro atoms. The Balaban J connectivity index is 1.48. The summed E-state index contributed by atoms with van der Waals surface area (Å²) >= 11 is 0. The molecule has 0 aliphatic carbocycles. The number of hydrogen-bond acceptors (Lipinski definition) is 3. The average molecular weight is 302 g/mol. The topological polar surface area (TPSA) is 24.5 Å². The van der Waals surface area contributed by atoms with Crippen LogP contribution in [0.25, 0.3) is 6.08 Å². The Bertz CT molecular complexity index is 422. The highest BCUT2D eigenvalue weighted by atomic mass is 16.5. The largest absolute Gasteiger partial charge is 0.373 e. The summed E-state index contributed by atoms with van der Waals surface area (Å²) in [7, 11) is 0. The maximum Gasteiger partial charge on any atom is 0.0678 e. The first kappa shape index (κ1) is 17.2. The molecule has 1 aliphatic heterocycles. The van der Waals surface area contributed by atoms with Gasteiger partial charge >= 0.3 is 0 Å². The van der Waals surface area contributed by atoms with E-state index < -0.39 is 0 Å². The van der Waals surface area contributed by atoms with Crippen molar-refractivity contribution < 1.29 is 4.74 Å². The fraction of sp³-hybridized carbons (Fsp3) is 0.579. The first-order valence-electron chi connectivity index (χ1n) is 8.54. The molecule has 1 saturated heterocycles. The monoisotopic (exact) mass is 302 g/mol. The molecule has 1 N–H and O–H groups in total. The second-order valence-electron chi connectivity index (χ2n) is 6.24. The lowest BCUT2D eigenvalue weighted by atomic mass is 10.2. The number of unbranched alkanes of at least 4 members (excludes halogenated alkanes) is 1. The molecule has 1 aliphatic rings. The first-order chi connectivity index (χ1) is 10.7. The van der Waals surface area contributed by atoms with Gasteiger partial charge in [-0.15, -0.1) is 0 Å². The lowest BCUT2D eigenvalue weighted by molar-refractivity contribution is -0.0681. The van der Waals surface area contributed by atoms with Gasteiger partial charge in [0.15, 0.2) is 0 Å². The van der Waals surface area contributed by atoms with Crippen molar-refractivity contribution in [3.05, 3.63) is 42.0 Å². The highest BCUT2D eigenvalue weighted by Gasteiger charge is 2.21. The van der Waals surface area contributed by atoms with Crippen LogP contribution in [-0.4, -0.2) is 49.8 Å². The number of benzene rings is 1. The molecular weight excluding hydrogens is 272 g/mol. The van der Waals surface area contributed by atoms with Crippen LogP contribution in [-0.2, 0) is 4.74 Å². The van der Waals surface area contributed by atoms with Gasteiger partial charge in [0.05, 0.1) is 12.2 Å². The molecule has 0 saturated carbocycles. The molecule has 1 aromatic rings. The Kier molecular flexibility index (Phi) is 7.64. The van der Waals surface area contributed by atoms with Crippen LogP contribution in [0.3, 0.4) is 0 Å². The third-order valence-corrected chi connectivity index (χ3v) is 3.95. The van der Waals surface area contributed by atoms with Crippen LogP contribution in [0.4, 0.5) is 0 Å². The van der Waals surface area contributed by atoms with Crippen molar-refractivity contribution >= 4 is 6.08 Å². The number of nitrogens with one attached hydrogen (secondary N) is 1. The lowest BCUT2D eigenvalue weighted by Gasteiger charge is -2.35. The van der Waals surface area contributed by atoms with Gasteiger partial charge in [-0.2, -0.15) is 0 Å². The van der Waals surface area contributed by atoms with Crippen molar-refractivity contribution in [2.24, 2.45) is 0 Å². The first-order valence-corrected chi connectivity index (χ1v) is 8.54. The zero-order valence-electron chi connectivity index (χ0n) is 14.0. The van der Waals surface area contributed by atoms with E-state index in [9.17, 15) is 0 Å². The van der Waals surface area contributed by atoms with Crippen molar-refractivity contribution in [2.75, 3.05) is 32.7 Å². The molecule has 1 aromatic carbocycles. The van der Waals surface area contributed by atoms with Gasteiger partial charge in [-0.25, -0.2) is 0 Å². The molecule has 0 bridgehead atoms. The molecule has 2 rings (SSSR count). The molecule has 3 heteroatoms. The molecule has 0 radical (unpaired) electrons. The molecule has 1 heterocycles. The fourth-order valence-electron chi connectivity index (χ4n) is 3.00. The van der Waals surface area contributed by atoms with Gasteiger partial charge in [0.25, 0.3) is 0 Å². The molecule has 122 valence electrons. The normalized spacial score (nSPS) is 23.2. The number of nitrogens with zero attached hydrogens (tertiary/aromatic N) is 1. The van der Waals surface area contributed by atoms with E-state index in [2.05, 4.69) is 60.5 Å². The minimum atomic E-state index is 0.380. The van der Waals surface area contributed by atoms with E-state index >= 15 is 0 Å². The predicted molar refractivity (Wildman–Crippen MR) is 94.0 cm³/mol. The predicted octanol–water partition coefficient (Wildman–Crippen LogP) is 3.18.